The van der Waals surface area contributed by atoms with Gasteiger partial charge in [-0.1, -0.05) is 11.6 Å². The van der Waals surface area contributed by atoms with E-state index in [1.165, 1.54) is 7.11 Å². The fraction of sp³-hybridized carbons (Fsp3) is 0.643. The van der Waals surface area contributed by atoms with Crippen molar-refractivity contribution in [1.29, 1.82) is 0 Å². The molecular formula is C14H18N2O5. The highest BCUT2D eigenvalue weighted by Gasteiger charge is 2.56. The lowest BCUT2D eigenvalue weighted by atomic mass is 9.81. The number of aliphatic carboxylic acids is 1. The van der Waals surface area contributed by atoms with E-state index < -0.39 is 11.4 Å². The molecule has 7 heteroatoms. The van der Waals surface area contributed by atoms with Gasteiger partial charge in [-0.3, -0.25) is 9.59 Å². The summed E-state index contributed by atoms with van der Waals surface area (Å²) in [5.74, 6) is -0.533. The Balaban J connectivity index is 1.76. The number of likely N-dealkylation sites (tertiary alicyclic amines) is 1. The summed E-state index contributed by atoms with van der Waals surface area (Å²) in [6.07, 6.45) is 2.43. The summed E-state index contributed by atoms with van der Waals surface area (Å²) in [4.78, 5) is 25.6. The number of aromatic nitrogens is 1. The van der Waals surface area contributed by atoms with Crippen LogP contribution in [-0.4, -0.2) is 47.2 Å². The summed E-state index contributed by atoms with van der Waals surface area (Å²) < 4.78 is 9.93. The number of fused-ring (bicyclic) bond motifs is 1. The molecule has 7 nitrogen and oxygen atoms in total. The van der Waals surface area contributed by atoms with Gasteiger partial charge in [-0.25, -0.2) is 0 Å². The van der Waals surface area contributed by atoms with E-state index in [0.29, 0.717) is 18.7 Å². The molecule has 1 N–H and O–H groups in total. The van der Waals surface area contributed by atoms with Gasteiger partial charge in [0.05, 0.1) is 5.41 Å². The number of rotatable bonds is 4. The molecule has 2 atom stereocenters. The van der Waals surface area contributed by atoms with Gasteiger partial charge in [0.2, 0.25) is 0 Å². The molecule has 1 aliphatic heterocycles. The van der Waals surface area contributed by atoms with Gasteiger partial charge in [0.15, 0.2) is 11.5 Å². The number of hydrogen-bond donors (Lipinski definition) is 1. The van der Waals surface area contributed by atoms with Gasteiger partial charge in [0.25, 0.3) is 5.91 Å². The molecule has 2 fully saturated rings. The van der Waals surface area contributed by atoms with Crippen LogP contribution in [0.15, 0.2) is 10.6 Å². The average Bonchev–Trinajstić information content (AvgIpc) is 3.11. The number of amides is 1. The van der Waals surface area contributed by atoms with E-state index >= 15 is 0 Å². The maximum Gasteiger partial charge on any atom is 0.311 e. The largest absolute Gasteiger partial charge is 0.481 e. The van der Waals surface area contributed by atoms with E-state index in [0.717, 1.165) is 12.8 Å². The zero-order valence-corrected chi connectivity index (χ0v) is 11.9. The molecule has 2 heterocycles. The Morgan fingerprint density at radius 2 is 2.43 bits per heavy atom. The Bertz CT molecular complexity index is 569. The smallest absolute Gasteiger partial charge is 0.311 e. The molecule has 21 heavy (non-hydrogen) atoms. The van der Waals surface area contributed by atoms with Crippen LogP contribution in [0.1, 0.15) is 35.5 Å². The Morgan fingerprint density at radius 1 is 1.62 bits per heavy atom. The van der Waals surface area contributed by atoms with Crippen molar-refractivity contribution < 1.29 is 24.0 Å². The summed E-state index contributed by atoms with van der Waals surface area (Å²) in [6, 6.07) is 1.55. The monoisotopic (exact) mass is 294 g/mol. The van der Waals surface area contributed by atoms with Crippen LogP contribution < -0.4 is 0 Å². The minimum Gasteiger partial charge on any atom is -0.481 e. The maximum atomic E-state index is 12.4. The summed E-state index contributed by atoms with van der Waals surface area (Å²) in [5.41, 5.74) is -0.558. The summed E-state index contributed by atoms with van der Waals surface area (Å²) in [7, 11) is 1.53. The number of carbonyl (C=O) groups is 2. The molecule has 114 valence electrons. The highest BCUT2D eigenvalue weighted by atomic mass is 16.5. The lowest BCUT2D eigenvalue weighted by Crippen LogP contribution is -2.37. The highest BCUT2D eigenvalue weighted by molar-refractivity contribution is 5.93. The number of carbonyl (C=O) groups excluding carboxylic acids is 1. The fourth-order valence-electron chi connectivity index (χ4n) is 3.58. The second kappa shape index (κ2) is 5.14. The third-order valence-corrected chi connectivity index (χ3v) is 4.65. The van der Waals surface area contributed by atoms with Crippen molar-refractivity contribution in [3.63, 3.8) is 0 Å². The molecule has 0 radical (unpaired) electrons. The van der Waals surface area contributed by atoms with Gasteiger partial charge < -0.3 is 19.3 Å². The van der Waals surface area contributed by atoms with E-state index in [1.807, 2.05) is 0 Å². The minimum absolute atomic E-state index is 0.0456. The number of ether oxygens (including phenoxy) is 1. The van der Waals surface area contributed by atoms with E-state index in [9.17, 15) is 14.7 Å². The second-order valence-electron chi connectivity index (χ2n) is 5.85. The summed E-state index contributed by atoms with van der Waals surface area (Å²) in [5, 5.41) is 13.3. The van der Waals surface area contributed by atoms with Crippen LogP contribution in [0.25, 0.3) is 0 Å². The zero-order valence-electron chi connectivity index (χ0n) is 11.9. The van der Waals surface area contributed by atoms with E-state index in [1.54, 1.807) is 11.0 Å². The Labute approximate surface area is 121 Å². The maximum absolute atomic E-state index is 12.4. The average molecular weight is 294 g/mol. The van der Waals surface area contributed by atoms with Gasteiger partial charge in [-0.05, 0) is 18.8 Å². The molecular weight excluding hydrogens is 276 g/mol. The summed E-state index contributed by atoms with van der Waals surface area (Å²) >= 11 is 0. The lowest BCUT2D eigenvalue weighted by molar-refractivity contribution is -0.149. The van der Waals surface area contributed by atoms with Crippen molar-refractivity contribution in [1.82, 2.24) is 10.1 Å². The van der Waals surface area contributed by atoms with Crippen LogP contribution in [0.4, 0.5) is 0 Å². The molecule has 1 aromatic heterocycles. The van der Waals surface area contributed by atoms with Crippen LogP contribution in [-0.2, 0) is 16.1 Å². The molecule has 0 spiro atoms. The molecule has 1 saturated heterocycles. The Kier molecular flexibility index (Phi) is 3.44. The topological polar surface area (TPSA) is 92.9 Å². The molecule has 1 aliphatic carbocycles. The first kappa shape index (κ1) is 14.1. The number of nitrogens with zero attached hydrogens (tertiary/aromatic N) is 2. The van der Waals surface area contributed by atoms with Crippen molar-refractivity contribution in [3.05, 3.63) is 17.5 Å². The van der Waals surface area contributed by atoms with Crippen LogP contribution in [0, 0.1) is 11.3 Å². The van der Waals surface area contributed by atoms with Crippen molar-refractivity contribution >= 4 is 11.9 Å². The Hall–Kier alpha value is -1.89. The van der Waals surface area contributed by atoms with Crippen LogP contribution in [0.5, 0.6) is 0 Å². The standard InChI is InChI=1S/C14H18N2O5/c1-20-7-10-5-11(15-21-10)12(17)16-6-9-3-2-4-14(9,8-16)13(18)19/h5,9H,2-4,6-8H2,1H3,(H,18,19)/t9-,14+/m0/s1. The van der Waals surface area contributed by atoms with Crippen LogP contribution in [0.2, 0.25) is 0 Å². The predicted octanol–water partition coefficient (Wildman–Crippen LogP) is 1.15. The first-order chi connectivity index (χ1) is 10.1. The van der Waals surface area contributed by atoms with E-state index in [-0.39, 0.29) is 30.7 Å². The van der Waals surface area contributed by atoms with Crippen LogP contribution >= 0.6 is 0 Å². The van der Waals surface area contributed by atoms with Crippen molar-refractivity contribution in [3.8, 4) is 0 Å². The van der Waals surface area contributed by atoms with E-state index in [4.69, 9.17) is 9.26 Å². The molecule has 1 saturated carbocycles. The molecule has 3 rings (SSSR count). The lowest BCUT2D eigenvalue weighted by Gasteiger charge is -2.22. The molecule has 0 unspecified atom stereocenters. The second-order valence-corrected chi connectivity index (χ2v) is 5.85. The molecule has 0 bridgehead atoms. The minimum atomic E-state index is -0.791. The number of carboxylic acids is 1. The molecule has 0 aromatic carbocycles. The van der Waals surface area contributed by atoms with E-state index in [2.05, 4.69) is 5.16 Å². The van der Waals surface area contributed by atoms with Crippen LogP contribution in [0.3, 0.4) is 0 Å². The van der Waals surface area contributed by atoms with Crippen molar-refractivity contribution in [2.24, 2.45) is 11.3 Å². The van der Waals surface area contributed by atoms with Gasteiger partial charge in [-0.15, -0.1) is 0 Å². The quantitative estimate of drug-likeness (QED) is 0.895. The number of methoxy groups -OCH3 is 1. The zero-order chi connectivity index (χ0) is 15.0. The first-order valence-electron chi connectivity index (χ1n) is 7.04. The van der Waals surface area contributed by atoms with Crippen molar-refractivity contribution in [2.45, 2.75) is 25.9 Å². The van der Waals surface area contributed by atoms with Gasteiger partial charge in [-0.2, -0.15) is 0 Å². The highest BCUT2D eigenvalue weighted by Crippen LogP contribution is 2.49. The fourth-order valence-corrected chi connectivity index (χ4v) is 3.58. The predicted molar refractivity (Wildman–Crippen MR) is 70.5 cm³/mol. The summed E-state index contributed by atoms with van der Waals surface area (Å²) in [6.45, 7) is 0.998. The number of carboxylic acid groups (broad SMARTS) is 1. The van der Waals surface area contributed by atoms with Gasteiger partial charge >= 0.3 is 5.97 Å². The van der Waals surface area contributed by atoms with Gasteiger partial charge in [0, 0.05) is 26.3 Å². The van der Waals surface area contributed by atoms with Crippen molar-refractivity contribution in [2.75, 3.05) is 20.2 Å². The van der Waals surface area contributed by atoms with Gasteiger partial charge in [0.1, 0.15) is 6.61 Å². The molecule has 2 aliphatic rings. The normalized spacial score (nSPS) is 27.9. The first-order valence-corrected chi connectivity index (χ1v) is 7.04. The Morgan fingerprint density at radius 3 is 3.10 bits per heavy atom. The SMILES string of the molecule is COCc1cc(C(=O)N2C[C@@H]3CCC[C@@]3(C(=O)O)C2)no1. The number of hydrogen-bond acceptors (Lipinski definition) is 5. The molecule has 1 aromatic rings. The molecule has 1 amide bonds. The third-order valence-electron chi connectivity index (χ3n) is 4.65. The third kappa shape index (κ3) is 2.21.